The molecule has 6 heteroatoms. The minimum absolute atomic E-state index is 0.213. The average Bonchev–Trinajstić information content (AvgIpc) is 2.77. The van der Waals surface area contributed by atoms with E-state index >= 15 is 0 Å². The summed E-state index contributed by atoms with van der Waals surface area (Å²) in [5, 5.41) is 10.3. The van der Waals surface area contributed by atoms with Gasteiger partial charge in [0, 0.05) is 5.41 Å². The van der Waals surface area contributed by atoms with E-state index in [0.29, 0.717) is 0 Å². The van der Waals surface area contributed by atoms with Crippen molar-refractivity contribution in [2.45, 2.75) is 32.3 Å². The Bertz CT molecular complexity index is 276. The third kappa shape index (κ3) is 1.05. The van der Waals surface area contributed by atoms with Crippen molar-refractivity contribution in [1.29, 1.82) is 0 Å². The summed E-state index contributed by atoms with van der Waals surface area (Å²) in [6, 6.07) is 0. The van der Waals surface area contributed by atoms with Gasteiger partial charge in [0.15, 0.2) is 0 Å². The van der Waals surface area contributed by atoms with Gasteiger partial charge < -0.3 is 14.6 Å². The number of aliphatic hydroxyl groups is 1. The monoisotopic (exact) mass is 204 g/mol. The molecule has 0 bridgehead atoms. The van der Waals surface area contributed by atoms with E-state index in [2.05, 4.69) is 19.2 Å². The van der Waals surface area contributed by atoms with Crippen molar-refractivity contribution in [2.24, 2.45) is 5.41 Å². The van der Waals surface area contributed by atoms with Crippen molar-refractivity contribution in [2.75, 3.05) is 6.61 Å². The Labute approximate surface area is 80.6 Å². The summed E-state index contributed by atoms with van der Waals surface area (Å²) in [6.45, 7) is 5.09. The Morgan fingerprint density at radius 3 is 2.36 bits per heavy atom. The fraction of sp³-hybridized carbons (Fsp3) is 0.875. The van der Waals surface area contributed by atoms with E-state index < -0.39 is 23.1 Å². The summed E-state index contributed by atoms with van der Waals surface area (Å²) < 4.78 is 9.30. The standard InChI is InChI=1S/C8H12O6/c1-6(2,3)7(10)4-11-5(9)12-8(7)13-14-8/h10H,4H2,1-3H3. The largest absolute Gasteiger partial charge is 0.512 e. The van der Waals surface area contributed by atoms with Gasteiger partial charge in [0.1, 0.15) is 6.61 Å². The van der Waals surface area contributed by atoms with Gasteiger partial charge in [-0.25, -0.2) is 4.79 Å². The van der Waals surface area contributed by atoms with Crippen LogP contribution in [0.4, 0.5) is 4.79 Å². The van der Waals surface area contributed by atoms with Crippen LogP contribution >= 0.6 is 0 Å². The molecule has 1 atom stereocenters. The SMILES string of the molecule is CC(C)(C)C1(O)COC(=O)OC12OO2. The molecule has 2 rings (SSSR count). The van der Waals surface area contributed by atoms with Gasteiger partial charge in [-0.15, -0.1) is 9.78 Å². The molecule has 0 aromatic heterocycles. The molecule has 0 saturated carbocycles. The Morgan fingerprint density at radius 1 is 1.36 bits per heavy atom. The van der Waals surface area contributed by atoms with Crippen LogP contribution < -0.4 is 0 Å². The summed E-state index contributed by atoms with van der Waals surface area (Å²) in [5.74, 6) is -1.68. The maximum Gasteiger partial charge on any atom is 0.512 e. The van der Waals surface area contributed by atoms with Crippen LogP contribution in [0.5, 0.6) is 0 Å². The van der Waals surface area contributed by atoms with Gasteiger partial charge in [-0.2, -0.15) is 0 Å². The van der Waals surface area contributed by atoms with E-state index in [1.54, 1.807) is 20.8 Å². The third-order valence-corrected chi connectivity index (χ3v) is 2.60. The summed E-state index contributed by atoms with van der Waals surface area (Å²) in [7, 11) is 0. The highest BCUT2D eigenvalue weighted by molar-refractivity contribution is 5.61. The Hall–Kier alpha value is -0.850. The van der Waals surface area contributed by atoms with Crippen molar-refractivity contribution >= 4 is 6.16 Å². The molecule has 0 aromatic rings. The molecule has 0 aliphatic carbocycles. The number of hydrogen-bond donors (Lipinski definition) is 1. The van der Waals surface area contributed by atoms with Crippen LogP contribution in [-0.2, 0) is 19.2 Å². The number of carbonyl (C=O) groups is 1. The van der Waals surface area contributed by atoms with Gasteiger partial charge in [0.25, 0.3) is 0 Å². The highest BCUT2D eigenvalue weighted by Gasteiger charge is 2.76. The predicted molar refractivity (Wildman–Crippen MR) is 41.7 cm³/mol. The van der Waals surface area contributed by atoms with Gasteiger partial charge in [0.2, 0.25) is 5.60 Å². The molecule has 2 aliphatic rings. The fourth-order valence-electron chi connectivity index (χ4n) is 1.36. The van der Waals surface area contributed by atoms with Crippen LogP contribution in [0.3, 0.4) is 0 Å². The minimum Gasteiger partial charge on any atom is -0.431 e. The zero-order valence-corrected chi connectivity index (χ0v) is 8.20. The van der Waals surface area contributed by atoms with Crippen LogP contribution in [-0.4, -0.2) is 29.4 Å². The highest BCUT2D eigenvalue weighted by Crippen LogP contribution is 2.52. The summed E-state index contributed by atoms with van der Waals surface area (Å²) in [6.07, 6.45) is -0.906. The second-order valence-electron chi connectivity index (χ2n) is 4.47. The molecular formula is C8H12O6. The van der Waals surface area contributed by atoms with Crippen molar-refractivity contribution in [1.82, 2.24) is 0 Å². The lowest BCUT2D eigenvalue weighted by molar-refractivity contribution is -0.263. The molecule has 6 nitrogen and oxygen atoms in total. The molecule has 2 saturated heterocycles. The van der Waals surface area contributed by atoms with Crippen molar-refractivity contribution in [3.8, 4) is 0 Å². The topological polar surface area (TPSA) is 80.8 Å². The fourth-order valence-corrected chi connectivity index (χ4v) is 1.36. The van der Waals surface area contributed by atoms with E-state index in [0.717, 1.165) is 0 Å². The van der Waals surface area contributed by atoms with E-state index in [-0.39, 0.29) is 6.61 Å². The van der Waals surface area contributed by atoms with E-state index in [4.69, 9.17) is 0 Å². The zero-order chi connectivity index (χ0) is 10.6. The first-order valence-corrected chi connectivity index (χ1v) is 4.26. The van der Waals surface area contributed by atoms with Crippen LogP contribution in [0.1, 0.15) is 20.8 Å². The second-order valence-corrected chi connectivity index (χ2v) is 4.47. The molecule has 0 radical (unpaired) electrons. The van der Waals surface area contributed by atoms with Gasteiger partial charge in [0.05, 0.1) is 0 Å². The lowest BCUT2D eigenvalue weighted by Gasteiger charge is -2.41. The quantitative estimate of drug-likeness (QED) is 0.352. The Balaban J connectivity index is 2.31. The molecule has 1 spiro atoms. The molecule has 0 aromatic carbocycles. The molecule has 0 amide bonds. The van der Waals surface area contributed by atoms with E-state index in [1.165, 1.54) is 0 Å². The first-order valence-electron chi connectivity index (χ1n) is 4.26. The van der Waals surface area contributed by atoms with Crippen LogP contribution in [0.2, 0.25) is 0 Å². The smallest absolute Gasteiger partial charge is 0.431 e. The number of ether oxygens (including phenoxy) is 2. The van der Waals surface area contributed by atoms with E-state index in [9.17, 15) is 9.90 Å². The third-order valence-electron chi connectivity index (χ3n) is 2.60. The predicted octanol–water partition coefficient (Wildman–Crippen LogP) is 0.546. The zero-order valence-electron chi connectivity index (χ0n) is 8.20. The number of cyclic esters (lactones) is 1. The molecule has 1 unspecified atom stereocenters. The van der Waals surface area contributed by atoms with Gasteiger partial charge in [-0.1, -0.05) is 20.8 Å². The van der Waals surface area contributed by atoms with E-state index in [1.807, 2.05) is 0 Å². The maximum atomic E-state index is 10.8. The lowest BCUT2D eigenvalue weighted by atomic mass is 9.75. The van der Waals surface area contributed by atoms with Crippen molar-refractivity contribution in [3.05, 3.63) is 0 Å². The number of carbonyl (C=O) groups excluding carboxylic acids is 1. The van der Waals surface area contributed by atoms with Crippen LogP contribution in [0, 0.1) is 5.41 Å². The highest BCUT2D eigenvalue weighted by atomic mass is 17.5. The summed E-state index contributed by atoms with van der Waals surface area (Å²) in [4.78, 5) is 20.0. The van der Waals surface area contributed by atoms with Crippen molar-refractivity contribution in [3.63, 3.8) is 0 Å². The van der Waals surface area contributed by atoms with Crippen LogP contribution in [0.25, 0.3) is 0 Å². The lowest BCUT2D eigenvalue weighted by Crippen LogP contribution is -2.62. The summed E-state index contributed by atoms with van der Waals surface area (Å²) in [5.41, 5.74) is -2.11. The Morgan fingerprint density at radius 2 is 1.93 bits per heavy atom. The molecule has 14 heavy (non-hydrogen) atoms. The number of hydrogen-bond acceptors (Lipinski definition) is 6. The average molecular weight is 204 g/mol. The van der Waals surface area contributed by atoms with Gasteiger partial charge in [-0.3, -0.25) is 0 Å². The Kier molecular flexibility index (Phi) is 1.65. The van der Waals surface area contributed by atoms with Gasteiger partial charge in [-0.05, 0) is 0 Å². The van der Waals surface area contributed by atoms with Crippen molar-refractivity contribution < 1.29 is 29.1 Å². The molecule has 2 heterocycles. The molecule has 1 N–H and O–H groups in total. The molecular weight excluding hydrogens is 192 g/mol. The second kappa shape index (κ2) is 2.39. The molecule has 2 aliphatic heterocycles. The molecule has 80 valence electrons. The number of rotatable bonds is 0. The van der Waals surface area contributed by atoms with Crippen LogP contribution in [0.15, 0.2) is 0 Å². The molecule has 2 fully saturated rings. The minimum atomic E-state index is -1.68. The normalized spacial score (nSPS) is 35.0. The first kappa shape index (κ1) is 9.70. The summed E-state index contributed by atoms with van der Waals surface area (Å²) >= 11 is 0. The maximum absolute atomic E-state index is 10.8. The van der Waals surface area contributed by atoms with Gasteiger partial charge >= 0.3 is 12.1 Å². The first-order chi connectivity index (χ1) is 6.31.